The first-order valence-electron chi connectivity index (χ1n) is 6.63. The van der Waals surface area contributed by atoms with Gasteiger partial charge in [0.05, 0.1) is 18.8 Å². The monoisotopic (exact) mass is 263 g/mol. The van der Waals surface area contributed by atoms with Crippen molar-refractivity contribution in [3.63, 3.8) is 0 Å². The van der Waals surface area contributed by atoms with Crippen LogP contribution in [0.2, 0.25) is 0 Å². The van der Waals surface area contributed by atoms with E-state index < -0.39 is 24.1 Å². The van der Waals surface area contributed by atoms with Gasteiger partial charge in [0.1, 0.15) is 0 Å². The average Bonchev–Trinajstić information content (AvgIpc) is 2.38. The molecule has 0 aromatic carbocycles. The maximum absolute atomic E-state index is 13.0. The molecule has 1 saturated carbocycles. The standard InChI is InChI=1S/C13H20F3NO/c14-13(15,16)11-6-2-1-5-10(11)12(17)9-4-3-7-18-8-9/h8,10-12H,1-7,17H2. The van der Waals surface area contributed by atoms with Crippen molar-refractivity contribution in [2.75, 3.05) is 6.61 Å². The van der Waals surface area contributed by atoms with Crippen molar-refractivity contribution in [3.05, 3.63) is 11.8 Å². The number of rotatable bonds is 2. The van der Waals surface area contributed by atoms with Crippen LogP contribution < -0.4 is 5.73 Å². The predicted molar refractivity (Wildman–Crippen MR) is 62.7 cm³/mol. The van der Waals surface area contributed by atoms with Crippen molar-refractivity contribution in [2.45, 2.75) is 50.7 Å². The summed E-state index contributed by atoms with van der Waals surface area (Å²) < 4.78 is 44.2. The predicted octanol–water partition coefficient (Wildman–Crippen LogP) is 3.38. The van der Waals surface area contributed by atoms with Crippen LogP contribution in [0.25, 0.3) is 0 Å². The number of ether oxygens (including phenoxy) is 1. The van der Waals surface area contributed by atoms with Gasteiger partial charge in [0.25, 0.3) is 0 Å². The smallest absolute Gasteiger partial charge is 0.392 e. The van der Waals surface area contributed by atoms with Gasteiger partial charge in [-0.2, -0.15) is 13.2 Å². The van der Waals surface area contributed by atoms with E-state index in [1.165, 1.54) is 0 Å². The molecule has 2 rings (SSSR count). The van der Waals surface area contributed by atoms with Gasteiger partial charge in [0, 0.05) is 6.04 Å². The summed E-state index contributed by atoms with van der Waals surface area (Å²) in [6, 6.07) is -0.503. The van der Waals surface area contributed by atoms with Crippen LogP contribution in [0, 0.1) is 11.8 Å². The van der Waals surface area contributed by atoms with Gasteiger partial charge in [-0.25, -0.2) is 0 Å². The molecule has 0 amide bonds. The zero-order chi connectivity index (χ0) is 13.2. The number of hydrogen-bond acceptors (Lipinski definition) is 2. The fourth-order valence-corrected chi connectivity index (χ4v) is 3.10. The molecule has 0 radical (unpaired) electrons. The summed E-state index contributed by atoms with van der Waals surface area (Å²) in [4.78, 5) is 0. The van der Waals surface area contributed by atoms with Gasteiger partial charge in [-0.15, -0.1) is 0 Å². The minimum Gasteiger partial charge on any atom is -0.501 e. The Labute approximate surface area is 105 Å². The van der Waals surface area contributed by atoms with Gasteiger partial charge in [0.2, 0.25) is 0 Å². The Morgan fingerprint density at radius 1 is 1.22 bits per heavy atom. The highest BCUT2D eigenvalue weighted by Crippen LogP contribution is 2.44. The summed E-state index contributed by atoms with van der Waals surface area (Å²) in [6.45, 7) is 0.642. The minimum absolute atomic E-state index is 0.218. The summed E-state index contributed by atoms with van der Waals surface area (Å²) in [5.74, 6) is -1.73. The van der Waals surface area contributed by atoms with Gasteiger partial charge >= 0.3 is 6.18 Å². The highest BCUT2D eigenvalue weighted by atomic mass is 19.4. The molecule has 5 heteroatoms. The second-order valence-electron chi connectivity index (χ2n) is 5.29. The molecule has 3 unspecified atom stereocenters. The Morgan fingerprint density at radius 3 is 2.56 bits per heavy atom. The molecule has 0 aromatic rings. The van der Waals surface area contributed by atoms with Gasteiger partial charge < -0.3 is 10.5 Å². The fraction of sp³-hybridized carbons (Fsp3) is 0.846. The largest absolute Gasteiger partial charge is 0.501 e. The molecular formula is C13H20F3NO. The van der Waals surface area contributed by atoms with Gasteiger partial charge in [-0.1, -0.05) is 12.8 Å². The molecule has 2 N–H and O–H groups in total. The Hall–Kier alpha value is -0.710. The first-order valence-corrected chi connectivity index (χ1v) is 6.63. The third-order valence-electron chi connectivity index (χ3n) is 4.09. The molecule has 18 heavy (non-hydrogen) atoms. The van der Waals surface area contributed by atoms with E-state index >= 15 is 0 Å². The minimum atomic E-state index is -4.13. The van der Waals surface area contributed by atoms with Crippen LogP contribution in [-0.2, 0) is 4.74 Å². The molecule has 2 nitrogen and oxygen atoms in total. The quantitative estimate of drug-likeness (QED) is 0.829. The van der Waals surface area contributed by atoms with Crippen molar-refractivity contribution < 1.29 is 17.9 Å². The molecule has 3 atom stereocenters. The van der Waals surface area contributed by atoms with E-state index in [2.05, 4.69) is 0 Å². The number of hydrogen-bond donors (Lipinski definition) is 1. The highest BCUT2D eigenvalue weighted by molar-refractivity contribution is 5.12. The van der Waals surface area contributed by atoms with E-state index in [0.29, 0.717) is 19.4 Å². The molecule has 1 aliphatic heterocycles. The topological polar surface area (TPSA) is 35.2 Å². The zero-order valence-corrected chi connectivity index (χ0v) is 10.4. The average molecular weight is 263 g/mol. The van der Waals surface area contributed by atoms with Crippen LogP contribution in [-0.4, -0.2) is 18.8 Å². The lowest BCUT2D eigenvalue weighted by Crippen LogP contribution is -2.44. The first kappa shape index (κ1) is 13.7. The summed E-state index contributed by atoms with van der Waals surface area (Å²) in [5, 5.41) is 0. The number of nitrogens with two attached hydrogens (primary N) is 1. The molecule has 104 valence electrons. The van der Waals surface area contributed by atoms with E-state index in [1.54, 1.807) is 6.26 Å². The Balaban J connectivity index is 2.10. The van der Waals surface area contributed by atoms with Crippen LogP contribution in [0.15, 0.2) is 11.8 Å². The molecule has 0 saturated heterocycles. The van der Waals surface area contributed by atoms with Crippen LogP contribution >= 0.6 is 0 Å². The molecule has 1 heterocycles. The SMILES string of the molecule is NC(C1=COCCC1)C1CCCCC1C(F)(F)F. The van der Waals surface area contributed by atoms with Crippen LogP contribution in [0.1, 0.15) is 38.5 Å². The first-order chi connectivity index (χ1) is 8.50. The summed E-state index contributed by atoms with van der Waals surface area (Å²) >= 11 is 0. The highest BCUT2D eigenvalue weighted by Gasteiger charge is 2.47. The lowest BCUT2D eigenvalue weighted by molar-refractivity contribution is -0.197. The Morgan fingerprint density at radius 2 is 1.94 bits per heavy atom. The van der Waals surface area contributed by atoms with E-state index in [9.17, 15) is 13.2 Å². The summed E-state index contributed by atoms with van der Waals surface area (Å²) in [5.41, 5.74) is 6.91. The normalized spacial score (nSPS) is 31.4. The van der Waals surface area contributed by atoms with Crippen LogP contribution in [0.5, 0.6) is 0 Å². The van der Waals surface area contributed by atoms with Crippen molar-refractivity contribution >= 4 is 0 Å². The van der Waals surface area contributed by atoms with Crippen LogP contribution in [0.3, 0.4) is 0 Å². The second-order valence-corrected chi connectivity index (χ2v) is 5.29. The molecular weight excluding hydrogens is 243 g/mol. The molecule has 1 aliphatic carbocycles. The second kappa shape index (κ2) is 5.51. The molecule has 1 fully saturated rings. The van der Waals surface area contributed by atoms with E-state index in [-0.39, 0.29) is 6.42 Å². The lowest BCUT2D eigenvalue weighted by atomic mass is 9.72. The van der Waals surface area contributed by atoms with E-state index in [0.717, 1.165) is 24.8 Å². The molecule has 0 aromatic heterocycles. The number of halogens is 3. The van der Waals surface area contributed by atoms with Crippen molar-refractivity contribution in [3.8, 4) is 0 Å². The maximum Gasteiger partial charge on any atom is 0.392 e. The van der Waals surface area contributed by atoms with Gasteiger partial charge in [-0.3, -0.25) is 0 Å². The fourth-order valence-electron chi connectivity index (χ4n) is 3.10. The lowest BCUT2D eigenvalue weighted by Gasteiger charge is -2.37. The van der Waals surface area contributed by atoms with Crippen molar-refractivity contribution in [1.82, 2.24) is 0 Å². The maximum atomic E-state index is 13.0. The van der Waals surface area contributed by atoms with Crippen LogP contribution in [0.4, 0.5) is 13.2 Å². The van der Waals surface area contributed by atoms with E-state index in [1.807, 2.05) is 0 Å². The third kappa shape index (κ3) is 2.99. The Kier molecular flexibility index (Phi) is 4.20. The van der Waals surface area contributed by atoms with Crippen molar-refractivity contribution in [1.29, 1.82) is 0 Å². The third-order valence-corrected chi connectivity index (χ3v) is 4.09. The molecule has 0 bridgehead atoms. The zero-order valence-electron chi connectivity index (χ0n) is 10.4. The molecule has 2 aliphatic rings. The van der Waals surface area contributed by atoms with Gasteiger partial charge in [0.15, 0.2) is 0 Å². The molecule has 0 spiro atoms. The van der Waals surface area contributed by atoms with Gasteiger partial charge in [-0.05, 0) is 37.2 Å². The number of alkyl halides is 3. The Bertz CT molecular complexity index is 314. The summed E-state index contributed by atoms with van der Waals surface area (Å²) in [6.07, 6.45) is 1.36. The van der Waals surface area contributed by atoms with Crippen molar-refractivity contribution in [2.24, 2.45) is 17.6 Å². The summed E-state index contributed by atoms with van der Waals surface area (Å²) in [7, 11) is 0. The van der Waals surface area contributed by atoms with E-state index in [4.69, 9.17) is 10.5 Å².